The lowest BCUT2D eigenvalue weighted by molar-refractivity contribution is 0.0770. The summed E-state index contributed by atoms with van der Waals surface area (Å²) < 4.78 is 5.45. The van der Waals surface area contributed by atoms with E-state index in [4.69, 9.17) is 27.9 Å². The van der Waals surface area contributed by atoms with E-state index in [1.165, 1.54) is 0 Å². The fourth-order valence-corrected chi connectivity index (χ4v) is 1.81. The molecule has 0 aliphatic carbocycles. The number of hydrogen-bond donors (Lipinski definition) is 1. The number of hydrogen-bond acceptors (Lipinski definition) is 2. The van der Waals surface area contributed by atoms with Crippen LogP contribution in [0.25, 0.3) is 0 Å². The smallest absolute Gasteiger partial charge is 0.0637 e. The summed E-state index contributed by atoms with van der Waals surface area (Å²) in [5, 5.41) is 4.57. The van der Waals surface area contributed by atoms with Crippen molar-refractivity contribution in [2.75, 3.05) is 13.2 Å². The van der Waals surface area contributed by atoms with Gasteiger partial charge < -0.3 is 10.1 Å². The maximum atomic E-state index is 6.08. The Morgan fingerprint density at radius 1 is 1.28 bits per heavy atom. The van der Waals surface area contributed by atoms with E-state index in [-0.39, 0.29) is 12.4 Å². The molecule has 0 atom stereocenters. The zero-order valence-electron chi connectivity index (χ0n) is 10.7. The number of rotatable bonds is 7. The molecule has 0 heterocycles. The topological polar surface area (TPSA) is 21.3 Å². The van der Waals surface area contributed by atoms with Gasteiger partial charge in [0.2, 0.25) is 0 Å². The first kappa shape index (κ1) is 18.0. The van der Waals surface area contributed by atoms with Gasteiger partial charge in [-0.05, 0) is 38.4 Å². The van der Waals surface area contributed by atoms with Crippen molar-refractivity contribution in [2.24, 2.45) is 0 Å². The van der Waals surface area contributed by atoms with Crippen LogP contribution in [0, 0.1) is 0 Å². The number of halogens is 3. The van der Waals surface area contributed by atoms with E-state index in [1.54, 1.807) is 6.07 Å². The molecule has 1 aromatic rings. The zero-order chi connectivity index (χ0) is 12.7. The van der Waals surface area contributed by atoms with Gasteiger partial charge in [-0.15, -0.1) is 12.4 Å². The van der Waals surface area contributed by atoms with Gasteiger partial charge in [-0.2, -0.15) is 0 Å². The minimum atomic E-state index is 0. The lowest BCUT2D eigenvalue weighted by atomic mass is 10.2. The van der Waals surface area contributed by atoms with Crippen LogP contribution in [0.1, 0.15) is 25.8 Å². The third kappa shape index (κ3) is 6.81. The summed E-state index contributed by atoms with van der Waals surface area (Å²) in [5.74, 6) is 0. The number of nitrogens with one attached hydrogen (secondary N) is 1. The van der Waals surface area contributed by atoms with Gasteiger partial charge in [0.05, 0.1) is 16.1 Å². The Labute approximate surface area is 125 Å². The Morgan fingerprint density at radius 3 is 2.67 bits per heavy atom. The van der Waals surface area contributed by atoms with Crippen LogP contribution in [-0.4, -0.2) is 19.3 Å². The molecule has 0 aliphatic heterocycles. The van der Waals surface area contributed by atoms with Gasteiger partial charge in [0.1, 0.15) is 0 Å². The highest BCUT2D eigenvalue weighted by Gasteiger charge is 2.03. The van der Waals surface area contributed by atoms with Gasteiger partial charge in [0.25, 0.3) is 0 Å². The summed E-state index contributed by atoms with van der Waals surface area (Å²) >= 11 is 12.0. The average molecular weight is 313 g/mol. The van der Waals surface area contributed by atoms with Crippen molar-refractivity contribution in [2.45, 2.75) is 32.9 Å². The number of ether oxygens (including phenoxy) is 1. The van der Waals surface area contributed by atoms with Gasteiger partial charge in [-0.1, -0.05) is 35.3 Å². The second-order valence-electron chi connectivity index (χ2n) is 4.16. The Balaban J connectivity index is 0.00000289. The van der Waals surface area contributed by atoms with Crippen molar-refractivity contribution in [3.8, 4) is 0 Å². The van der Waals surface area contributed by atoms with E-state index in [0.717, 1.165) is 31.7 Å². The molecule has 18 heavy (non-hydrogen) atoms. The third-order valence-corrected chi connectivity index (χ3v) is 3.15. The van der Waals surface area contributed by atoms with Crippen molar-refractivity contribution in [3.63, 3.8) is 0 Å². The van der Waals surface area contributed by atoms with Gasteiger partial charge in [-0.25, -0.2) is 0 Å². The van der Waals surface area contributed by atoms with Crippen LogP contribution in [0.15, 0.2) is 18.2 Å². The average Bonchev–Trinajstić information content (AvgIpc) is 2.28. The molecule has 0 bridgehead atoms. The van der Waals surface area contributed by atoms with Crippen molar-refractivity contribution in [1.29, 1.82) is 0 Å². The Bertz CT molecular complexity index is 345. The molecule has 0 fully saturated rings. The molecule has 1 rings (SSSR count). The molecule has 0 amide bonds. The van der Waals surface area contributed by atoms with Gasteiger partial charge in [0.15, 0.2) is 0 Å². The molecule has 104 valence electrons. The molecule has 0 saturated heterocycles. The lowest BCUT2D eigenvalue weighted by Gasteiger charge is -2.09. The van der Waals surface area contributed by atoms with E-state index in [9.17, 15) is 0 Å². The molecule has 1 N–H and O–H groups in total. The second kappa shape index (κ2) is 9.88. The van der Waals surface area contributed by atoms with Gasteiger partial charge in [0, 0.05) is 13.2 Å². The van der Waals surface area contributed by atoms with E-state index in [1.807, 2.05) is 26.0 Å². The second-order valence-corrected chi connectivity index (χ2v) is 4.95. The molecule has 0 unspecified atom stereocenters. The van der Waals surface area contributed by atoms with Crippen LogP contribution in [0.4, 0.5) is 0 Å². The fraction of sp³-hybridized carbons (Fsp3) is 0.538. The summed E-state index contributed by atoms with van der Waals surface area (Å²) in [4.78, 5) is 0. The summed E-state index contributed by atoms with van der Waals surface area (Å²) in [6, 6.07) is 5.68. The minimum Gasteiger partial charge on any atom is -0.379 e. The molecular weight excluding hydrogens is 293 g/mol. The monoisotopic (exact) mass is 311 g/mol. The summed E-state index contributed by atoms with van der Waals surface area (Å²) in [6.07, 6.45) is 1.30. The highest BCUT2D eigenvalue weighted by molar-refractivity contribution is 6.42. The first-order valence-electron chi connectivity index (χ1n) is 5.86. The Morgan fingerprint density at radius 2 is 2.00 bits per heavy atom. The molecule has 5 heteroatoms. The molecule has 0 radical (unpaired) electrons. The van der Waals surface area contributed by atoms with Crippen LogP contribution in [0.3, 0.4) is 0 Å². The quantitative estimate of drug-likeness (QED) is 0.757. The highest BCUT2D eigenvalue weighted by Crippen LogP contribution is 2.25. The van der Waals surface area contributed by atoms with Crippen molar-refractivity contribution < 1.29 is 4.74 Å². The first-order valence-corrected chi connectivity index (χ1v) is 6.62. The highest BCUT2D eigenvalue weighted by atomic mass is 35.5. The molecule has 0 aliphatic rings. The molecule has 0 spiro atoms. The van der Waals surface area contributed by atoms with Crippen LogP contribution in [0.5, 0.6) is 0 Å². The SMILES string of the molecule is CC(C)OCCCNCc1cccc(Cl)c1Cl.Cl. The molecule has 1 aromatic carbocycles. The molecule has 0 aromatic heterocycles. The molecular formula is C13H20Cl3NO. The van der Waals surface area contributed by atoms with E-state index in [0.29, 0.717) is 16.1 Å². The van der Waals surface area contributed by atoms with Crippen LogP contribution in [0.2, 0.25) is 10.0 Å². The Hall–Kier alpha value is 0.01000. The maximum absolute atomic E-state index is 6.08. The van der Waals surface area contributed by atoms with Crippen molar-refractivity contribution in [3.05, 3.63) is 33.8 Å². The normalized spacial score (nSPS) is 10.5. The van der Waals surface area contributed by atoms with E-state index < -0.39 is 0 Å². The predicted octanol–water partition coefficient (Wildman–Crippen LogP) is 4.32. The fourth-order valence-electron chi connectivity index (χ4n) is 1.42. The lowest BCUT2D eigenvalue weighted by Crippen LogP contribution is -2.17. The van der Waals surface area contributed by atoms with Crippen LogP contribution < -0.4 is 5.32 Å². The van der Waals surface area contributed by atoms with Crippen LogP contribution in [-0.2, 0) is 11.3 Å². The molecule has 2 nitrogen and oxygen atoms in total. The predicted molar refractivity (Wildman–Crippen MR) is 81.1 cm³/mol. The summed E-state index contributed by atoms with van der Waals surface area (Å²) in [5.41, 5.74) is 1.03. The van der Waals surface area contributed by atoms with Crippen molar-refractivity contribution >= 4 is 35.6 Å². The third-order valence-electron chi connectivity index (χ3n) is 2.30. The van der Waals surface area contributed by atoms with E-state index >= 15 is 0 Å². The zero-order valence-corrected chi connectivity index (χ0v) is 13.0. The van der Waals surface area contributed by atoms with Crippen LogP contribution >= 0.6 is 35.6 Å². The van der Waals surface area contributed by atoms with E-state index in [2.05, 4.69) is 5.32 Å². The molecule has 0 saturated carbocycles. The minimum absolute atomic E-state index is 0. The Kier molecular flexibility index (Phi) is 9.88. The van der Waals surface area contributed by atoms with Gasteiger partial charge in [-0.3, -0.25) is 0 Å². The summed E-state index contributed by atoms with van der Waals surface area (Å²) in [7, 11) is 0. The largest absolute Gasteiger partial charge is 0.379 e. The maximum Gasteiger partial charge on any atom is 0.0637 e. The summed E-state index contributed by atoms with van der Waals surface area (Å²) in [6.45, 7) is 6.52. The number of benzene rings is 1. The van der Waals surface area contributed by atoms with Gasteiger partial charge >= 0.3 is 0 Å². The van der Waals surface area contributed by atoms with Crippen molar-refractivity contribution in [1.82, 2.24) is 5.32 Å². The first-order chi connectivity index (χ1) is 8.11. The standard InChI is InChI=1S/C13H19Cl2NO.ClH/c1-10(2)17-8-4-7-16-9-11-5-3-6-12(14)13(11)15;/h3,5-6,10,16H,4,7-9H2,1-2H3;1H.